The molecule has 0 radical (unpaired) electrons. The van der Waals surface area contributed by atoms with Crippen LogP contribution in [0.2, 0.25) is 0 Å². The largest absolute Gasteiger partial charge is 0.493 e. The van der Waals surface area contributed by atoms with Crippen LogP contribution in [0.4, 0.5) is 0 Å². The van der Waals surface area contributed by atoms with Crippen molar-refractivity contribution in [3.8, 4) is 17.6 Å². The number of ether oxygens (including phenoxy) is 2. The zero-order chi connectivity index (χ0) is 22.8. The van der Waals surface area contributed by atoms with Gasteiger partial charge in [-0.15, -0.1) is 0 Å². The topological polar surface area (TPSA) is 94.8 Å². The van der Waals surface area contributed by atoms with Crippen molar-refractivity contribution < 1.29 is 19.4 Å². The van der Waals surface area contributed by atoms with Crippen molar-refractivity contribution in [2.45, 2.75) is 44.9 Å². The fourth-order valence-electron chi connectivity index (χ4n) is 3.66. The van der Waals surface area contributed by atoms with Gasteiger partial charge in [0.05, 0.1) is 31.5 Å². The van der Waals surface area contributed by atoms with Crippen LogP contribution in [0.15, 0.2) is 42.5 Å². The molecule has 2 N–H and O–H groups in total. The van der Waals surface area contributed by atoms with Crippen LogP contribution in [0, 0.1) is 11.3 Å². The van der Waals surface area contributed by atoms with Crippen LogP contribution in [-0.2, 0) is 17.9 Å². The van der Waals surface area contributed by atoms with Gasteiger partial charge in [-0.2, -0.15) is 5.26 Å². The lowest BCUT2D eigenvalue weighted by atomic mass is 10.1. The van der Waals surface area contributed by atoms with Crippen LogP contribution in [0.5, 0.6) is 11.5 Å². The predicted molar refractivity (Wildman–Crippen MR) is 121 cm³/mol. The second-order valence-corrected chi connectivity index (χ2v) is 8.03. The summed E-state index contributed by atoms with van der Waals surface area (Å²) >= 11 is 0. The maximum Gasteiger partial charge on any atom is 0.220 e. The van der Waals surface area contributed by atoms with Gasteiger partial charge in [0.2, 0.25) is 5.91 Å². The van der Waals surface area contributed by atoms with Crippen molar-refractivity contribution in [3.63, 3.8) is 0 Å². The minimum Gasteiger partial charge on any atom is -0.493 e. The Balaban J connectivity index is 1.34. The molecule has 0 spiro atoms. The molecule has 2 aromatic carbocycles. The number of nitrogens with zero attached hydrogens (tertiary/aromatic N) is 2. The summed E-state index contributed by atoms with van der Waals surface area (Å²) < 4.78 is 10.9. The lowest BCUT2D eigenvalue weighted by Crippen LogP contribution is -2.35. The molecule has 0 aromatic heterocycles. The molecule has 32 heavy (non-hydrogen) atoms. The van der Waals surface area contributed by atoms with E-state index in [0.29, 0.717) is 43.1 Å². The zero-order valence-electron chi connectivity index (χ0n) is 18.5. The van der Waals surface area contributed by atoms with E-state index in [1.807, 2.05) is 0 Å². The number of aliphatic hydroxyl groups excluding tert-OH is 1. The number of benzene rings is 2. The minimum absolute atomic E-state index is 0.0173. The molecular weight excluding hydrogens is 406 g/mol. The van der Waals surface area contributed by atoms with E-state index in [4.69, 9.17) is 14.7 Å². The van der Waals surface area contributed by atoms with Gasteiger partial charge in [-0.05, 0) is 42.5 Å². The van der Waals surface area contributed by atoms with Gasteiger partial charge in [0, 0.05) is 38.7 Å². The van der Waals surface area contributed by atoms with Crippen molar-refractivity contribution in [1.82, 2.24) is 10.2 Å². The highest BCUT2D eigenvalue weighted by atomic mass is 16.5. The molecule has 7 nitrogen and oxygen atoms in total. The van der Waals surface area contributed by atoms with Gasteiger partial charge in [-0.25, -0.2) is 0 Å². The third-order valence-corrected chi connectivity index (χ3v) is 5.57. The van der Waals surface area contributed by atoms with Gasteiger partial charge >= 0.3 is 0 Å². The first-order valence-corrected chi connectivity index (χ1v) is 11.0. The quantitative estimate of drug-likeness (QED) is 0.555. The van der Waals surface area contributed by atoms with E-state index in [-0.39, 0.29) is 12.0 Å². The number of nitrogens with one attached hydrogen (secondary N) is 1. The van der Waals surface area contributed by atoms with Crippen molar-refractivity contribution in [1.29, 1.82) is 5.26 Å². The maximum absolute atomic E-state index is 12.1. The Morgan fingerprint density at radius 1 is 1.16 bits per heavy atom. The molecular formula is C25H31N3O4. The lowest BCUT2D eigenvalue weighted by Gasteiger charge is -2.29. The predicted octanol–water partition coefficient (Wildman–Crippen LogP) is 3.00. The molecule has 0 atom stereocenters. The summed E-state index contributed by atoms with van der Waals surface area (Å²) in [4.78, 5) is 14.5. The molecule has 0 saturated carbocycles. The van der Waals surface area contributed by atoms with Crippen LogP contribution < -0.4 is 14.8 Å². The maximum atomic E-state index is 12.1. The Hall–Kier alpha value is -3.08. The van der Waals surface area contributed by atoms with E-state index in [1.165, 1.54) is 12.7 Å². The summed E-state index contributed by atoms with van der Waals surface area (Å²) in [6, 6.07) is 15.4. The zero-order valence-corrected chi connectivity index (χ0v) is 18.5. The van der Waals surface area contributed by atoms with E-state index in [0.717, 1.165) is 38.0 Å². The Morgan fingerprint density at radius 2 is 1.88 bits per heavy atom. The molecule has 2 aromatic rings. The molecule has 170 valence electrons. The summed E-state index contributed by atoms with van der Waals surface area (Å²) in [5.74, 6) is 1.05. The number of methoxy groups -OCH3 is 1. The number of aliphatic hydroxyl groups is 1. The smallest absolute Gasteiger partial charge is 0.220 e. The van der Waals surface area contributed by atoms with E-state index in [1.54, 1.807) is 18.2 Å². The van der Waals surface area contributed by atoms with Crippen molar-refractivity contribution in [2.24, 2.45) is 0 Å². The van der Waals surface area contributed by atoms with Gasteiger partial charge < -0.3 is 19.9 Å². The third-order valence-electron chi connectivity index (χ3n) is 5.57. The van der Waals surface area contributed by atoms with Crippen molar-refractivity contribution in [3.05, 3.63) is 59.2 Å². The number of rotatable bonds is 10. The summed E-state index contributed by atoms with van der Waals surface area (Å²) in [6.45, 7) is 3.64. The SMILES string of the molecule is COc1cc(C#N)ccc1OCCCC(=O)NCc1ccc(CN2CCC(O)CC2)cc1. The average Bonchev–Trinajstić information content (AvgIpc) is 2.82. The van der Waals surface area contributed by atoms with Crippen LogP contribution in [0.1, 0.15) is 42.4 Å². The highest BCUT2D eigenvalue weighted by Gasteiger charge is 2.16. The number of likely N-dealkylation sites (tertiary alicyclic amines) is 1. The molecule has 0 unspecified atom stereocenters. The number of nitriles is 1. The van der Waals surface area contributed by atoms with Crippen molar-refractivity contribution in [2.75, 3.05) is 26.8 Å². The van der Waals surface area contributed by atoms with Crippen molar-refractivity contribution >= 4 is 5.91 Å². The fraction of sp³-hybridized carbons (Fsp3) is 0.440. The first kappa shape index (κ1) is 23.6. The van der Waals surface area contributed by atoms with Gasteiger partial charge in [0.15, 0.2) is 11.5 Å². The molecule has 3 rings (SSSR count). The van der Waals surface area contributed by atoms with E-state index in [9.17, 15) is 9.90 Å². The Morgan fingerprint density at radius 3 is 2.56 bits per heavy atom. The van der Waals surface area contributed by atoms with Gasteiger partial charge in [-0.1, -0.05) is 24.3 Å². The number of carbonyl (C=O) groups excluding carboxylic acids is 1. The normalized spacial score (nSPS) is 14.5. The summed E-state index contributed by atoms with van der Waals surface area (Å²) in [5, 5.41) is 21.5. The number of hydrogen-bond donors (Lipinski definition) is 2. The highest BCUT2D eigenvalue weighted by molar-refractivity contribution is 5.75. The average molecular weight is 438 g/mol. The highest BCUT2D eigenvalue weighted by Crippen LogP contribution is 2.28. The summed E-state index contributed by atoms with van der Waals surface area (Å²) in [7, 11) is 1.53. The number of carbonyl (C=O) groups is 1. The van der Waals surface area contributed by atoms with Crippen LogP contribution in [0.3, 0.4) is 0 Å². The summed E-state index contributed by atoms with van der Waals surface area (Å²) in [6.07, 6.45) is 2.49. The first-order chi connectivity index (χ1) is 15.6. The van der Waals surface area contributed by atoms with Gasteiger partial charge in [-0.3, -0.25) is 9.69 Å². The van der Waals surface area contributed by atoms with E-state index >= 15 is 0 Å². The molecule has 1 aliphatic heterocycles. The van der Waals surface area contributed by atoms with Crippen LogP contribution in [-0.4, -0.2) is 48.8 Å². The van der Waals surface area contributed by atoms with Gasteiger partial charge in [0.25, 0.3) is 0 Å². The second-order valence-electron chi connectivity index (χ2n) is 8.03. The Bertz CT molecular complexity index is 916. The number of piperidine rings is 1. The molecule has 1 amide bonds. The monoisotopic (exact) mass is 437 g/mol. The van der Waals surface area contributed by atoms with E-state index < -0.39 is 0 Å². The molecule has 1 aliphatic rings. The fourth-order valence-corrected chi connectivity index (χ4v) is 3.66. The Kier molecular flexibility index (Phi) is 8.90. The minimum atomic E-state index is -0.150. The lowest BCUT2D eigenvalue weighted by molar-refractivity contribution is -0.121. The number of hydrogen-bond acceptors (Lipinski definition) is 6. The Labute approximate surface area is 189 Å². The van der Waals surface area contributed by atoms with Crippen LogP contribution >= 0.6 is 0 Å². The first-order valence-electron chi connectivity index (χ1n) is 11.0. The molecule has 1 saturated heterocycles. The molecule has 0 bridgehead atoms. The second kappa shape index (κ2) is 12.1. The molecule has 7 heteroatoms. The van der Waals surface area contributed by atoms with Crippen LogP contribution in [0.25, 0.3) is 0 Å². The molecule has 1 heterocycles. The van der Waals surface area contributed by atoms with Gasteiger partial charge in [0.1, 0.15) is 0 Å². The standard InChI is InChI=1S/C25H31N3O4/c1-31-24-15-21(16-26)8-9-23(24)32-14-2-3-25(30)27-17-19-4-6-20(7-5-19)18-28-12-10-22(29)11-13-28/h4-9,15,22,29H,2-3,10-14,17-18H2,1H3,(H,27,30). The van der Waals surface area contributed by atoms with E-state index in [2.05, 4.69) is 40.6 Å². The molecule has 0 aliphatic carbocycles. The molecule has 1 fully saturated rings. The number of amides is 1. The summed E-state index contributed by atoms with van der Waals surface area (Å²) in [5.41, 5.74) is 2.81. The third kappa shape index (κ3) is 7.26.